The molecule has 0 aromatic heterocycles. The van der Waals surface area contributed by atoms with Gasteiger partial charge in [0.2, 0.25) is 5.91 Å². The lowest BCUT2D eigenvalue weighted by Gasteiger charge is -2.21. The van der Waals surface area contributed by atoms with Crippen molar-refractivity contribution in [1.82, 2.24) is 10.6 Å². The molecule has 1 amide bonds. The molecule has 0 aliphatic rings. The van der Waals surface area contributed by atoms with E-state index >= 15 is 0 Å². The van der Waals surface area contributed by atoms with Crippen molar-refractivity contribution in [3.05, 3.63) is 0 Å². The summed E-state index contributed by atoms with van der Waals surface area (Å²) in [7, 11) is 3.48. The monoisotopic (exact) mass is 202 g/mol. The van der Waals surface area contributed by atoms with Gasteiger partial charge in [-0.25, -0.2) is 0 Å². The molecule has 2 N–H and O–H groups in total. The van der Waals surface area contributed by atoms with Crippen LogP contribution < -0.4 is 10.6 Å². The van der Waals surface area contributed by atoms with Crippen LogP contribution in [0.2, 0.25) is 0 Å². The molecule has 0 aliphatic carbocycles. The molecule has 1 atom stereocenters. The van der Waals surface area contributed by atoms with Crippen LogP contribution in [0.1, 0.15) is 20.3 Å². The van der Waals surface area contributed by atoms with E-state index in [1.807, 2.05) is 7.05 Å². The molecule has 0 fully saturated rings. The van der Waals surface area contributed by atoms with Crippen LogP contribution in [-0.2, 0) is 9.53 Å². The molecule has 0 aromatic rings. The summed E-state index contributed by atoms with van der Waals surface area (Å²) in [5.74, 6) is 0.476. The molecular formula is C10H22N2O2. The van der Waals surface area contributed by atoms with Crippen molar-refractivity contribution in [3.8, 4) is 0 Å². The highest BCUT2D eigenvalue weighted by atomic mass is 16.5. The van der Waals surface area contributed by atoms with Gasteiger partial charge in [0.25, 0.3) is 0 Å². The van der Waals surface area contributed by atoms with Crippen molar-refractivity contribution in [2.75, 3.05) is 27.3 Å². The molecule has 84 valence electrons. The molecule has 0 saturated heterocycles. The van der Waals surface area contributed by atoms with Gasteiger partial charge in [-0.2, -0.15) is 0 Å². The molecule has 0 aromatic carbocycles. The van der Waals surface area contributed by atoms with E-state index < -0.39 is 0 Å². The lowest BCUT2D eigenvalue weighted by molar-refractivity contribution is -0.122. The van der Waals surface area contributed by atoms with Crippen molar-refractivity contribution >= 4 is 5.91 Å². The fourth-order valence-corrected chi connectivity index (χ4v) is 1.10. The molecule has 14 heavy (non-hydrogen) atoms. The Morgan fingerprint density at radius 2 is 2.07 bits per heavy atom. The Kier molecular flexibility index (Phi) is 7.42. The van der Waals surface area contributed by atoms with E-state index in [-0.39, 0.29) is 11.9 Å². The van der Waals surface area contributed by atoms with Crippen molar-refractivity contribution in [1.29, 1.82) is 0 Å². The number of hydrogen-bond acceptors (Lipinski definition) is 3. The maximum absolute atomic E-state index is 11.4. The van der Waals surface area contributed by atoms with Gasteiger partial charge in [-0.3, -0.25) is 4.79 Å². The summed E-state index contributed by atoms with van der Waals surface area (Å²) in [4.78, 5) is 11.4. The second-order valence-corrected chi connectivity index (χ2v) is 3.73. The zero-order valence-corrected chi connectivity index (χ0v) is 9.59. The predicted octanol–water partition coefficient (Wildman–Crippen LogP) is 0.383. The van der Waals surface area contributed by atoms with Gasteiger partial charge >= 0.3 is 0 Å². The summed E-state index contributed by atoms with van der Waals surface area (Å²) in [6.07, 6.45) is 0.517. The lowest BCUT2D eigenvalue weighted by atomic mass is 10.1. The first-order chi connectivity index (χ1) is 6.61. The Morgan fingerprint density at radius 3 is 2.50 bits per heavy atom. The van der Waals surface area contributed by atoms with E-state index in [9.17, 15) is 4.79 Å². The molecule has 0 heterocycles. The first kappa shape index (κ1) is 13.4. The molecule has 0 aliphatic heterocycles. The Labute approximate surface area is 86.4 Å². The van der Waals surface area contributed by atoms with Gasteiger partial charge in [0, 0.05) is 20.1 Å². The molecule has 0 rings (SSSR count). The van der Waals surface area contributed by atoms with E-state index in [2.05, 4.69) is 24.5 Å². The molecular weight excluding hydrogens is 180 g/mol. The Bertz CT molecular complexity index is 160. The van der Waals surface area contributed by atoms with Crippen LogP contribution >= 0.6 is 0 Å². The number of rotatable bonds is 7. The van der Waals surface area contributed by atoms with Crippen LogP contribution in [0.15, 0.2) is 0 Å². The molecule has 4 nitrogen and oxygen atoms in total. The summed E-state index contributed by atoms with van der Waals surface area (Å²) in [5, 5.41) is 5.89. The molecule has 4 heteroatoms. The van der Waals surface area contributed by atoms with Gasteiger partial charge in [0.1, 0.15) is 0 Å². The zero-order valence-electron chi connectivity index (χ0n) is 9.59. The third kappa shape index (κ3) is 5.94. The topological polar surface area (TPSA) is 50.4 Å². The van der Waals surface area contributed by atoms with Gasteiger partial charge in [-0.1, -0.05) is 13.8 Å². The number of methoxy groups -OCH3 is 1. The van der Waals surface area contributed by atoms with Crippen molar-refractivity contribution < 1.29 is 9.53 Å². The van der Waals surface area contributed by atoms with Gasteiger partial charge in [-0.15, -0.1) is 0 Å². The van der Waals surface area contributed by atoms with Gasteiger partial charge in [0.15, 0.2) is 0 Å². The largest absolute Gasteiger partial charge is 0.383 e. The van der Waals surface area contributed by atoms with Crippen LogP contribution in [0.3, 0.4) is 0 Å². The fourth-order valence-electron chi connectivity index (χ4n) is 1.10. The zero-order chi connectivity index (χ0) is 11.0. The van der Waals surface area contributed by atoms with E-state index in [4.69, 9.17) is 4.74 Å². The standard InChI is InChI=1S/C10H22N2O2/c1-8(2)9(7-14-4)12-10(13)5-6-11-3/h8-9,11H,5-7H2,1-4H3,(H,12,13). The maximum Gasteiger partial charge on any atom is 0.221 e. The van der Waals surface area contributed by atoms with Crippen molar-refractivity contribution in [2.45, 2.75) is 26.3 Å². The normalized spacial score (nSPS) is 12.9. The highest BCUT2D eigenvalue weighted by molar-refractivity contribution is 5.76. The summed E-state index contributed by atoms with van der Waals surface area (Å²) < 4.78 is 5.04. The molecule has 0 saturated carbocycles. The average molecular weight is 202 g/mol. The summed E-state index contributed by atoms with van der Waals surface area (Å²) >= 11 is 0. The minimum Gasteiger partial charge on any atom is -0.383 e. The van der Waals surface area contributed by atoms with Crippen LogP contribution in [-0.4, -0.2) is 39.3 Å². The highest BCUT2D eigenvalue weighted by Gasteiger charge is 2.15. The quantitative estimate of drug-likeness (QED) is 0.627. The van der Waals surface area contributed by atoms with E-state index in [1.165, 1.54) is 0 Å². The van der Waals surface area contributed by atoms with Crippen molar-refractivity contribution in [3.63, 3.8) is 0 Å². The highest BCUT2D eigenvalue weighted by Crippen LogP contribution is 2.01. The Hall–Kier alpha value is -0.610. The third-order valence-electron chi connectivity index (χ3n) is 2.10. The van der Waals surface area contributed by atoms with E-state index in [1.54, 1.807) is 7.11 Å². The number of carbonyl (C=O) groups excluding carboxylic acids is 1. The molecule has 0 bridgehead atoms. The van der Waals surface area contributed by atoms with Gasteiger partial charge in [0.05, 0.1) is 12.6 Å². The first-order valence-electron chi connectivity index (χ1n) is 5.04. The minimum atomic E-state index is 0.0788. The summed E-state index contributed by atoms with van der Waals surface area (Å²) in [6.45, 7) is 5.43. The number of ether oxygens (including phenoxy) is 1. The second kappa shape index (κ2) is 7.76. The molecule has 0 radical (unpaired) electrons. The maximum atomic E-state index is 11.4. The Morgan fingerprint density at radius 1 is 1.43 bits per heavy atom. The molecule has 1 unspecified atom stereocenters. The molecule has 0 spiro atoms. The number of amides is 1. The van der Waals surface area contributed by atoms with E-state index in [0.29, 0.717) is 25.5 Å². The average Bonchev–Trinajstić information content (AvgIpc) is 2.14. The van der Waals surface area contributed by atoms with Crippen LogP contribution in [0, 0.1) is 5.92 Å². The first-order valence-corrected chi connectivity index (χ1v) is 5.04. The van der Waals surface area contributed by atoms with Crippen molar-refractivity contribution in [2.24, 2.45) is 5.92 Å². The van der Waals surface area contributed by atoms with Crippen LogP contribution in [0.25, 0.3) is 0 Å². The van der Waals surface area contributed by atoms with Gasteiger partial charge in [-0.05, 0) is 13.0 Å². The summed E-state index contributed by atoms with van der Waals surface area (Å²) in [6, 6.07) is 0.115. The SMILES string of the molecule is CNCCC(=O)NC(COC)C(C)C. The second-order valence-electron chi connectivity index (χ2n) is 3.73. The summed E-state index contributed by atoms with van der Waals surface area (Å²) in [5.41, 5.74) is 0. The number of hydrogen-bond donors (Lipinski definition) is 2. The predicted molar refractivity (Wildman–Crippen MR) is 57.2 cm³/mol. The minimum absolute atomic E-state index is 0.0788. The van der Waals surface area contributed by atoms with Crippen LogP contribution in [0.4, 0.5) is 0 Å². The van der Waals surface area contributed by atoms with Gasteiger partial charge < -0.3 is 15.4 Å². The fraction of sp³-hybridized carbons (Fsp3) is 0.900. The number of nitrogens with one attached hydrogen (secondary N) is 2. The third-order valence-corrected chi connectivity index (χ3v) is 2.10. The smallest absolute Gasteiger partial charge is 0.221 e. The van der Waals surface area contributed by atoms with Crippen LogP contribution in [0.5, 0.6) is 0 Å². The lowest BCUT2D eigenvalue weighted by Crippen LogP contribution is -2.42. The Balaban J connectivity index is 3.83. The van der Waals surface area contributed by atoms with E-state index in [0.717, 1.165) is 0 Å². The number of carbonyl (C=O) groups is 1.